The molecule has 0 heterocycles. The van der Waals surface area contributed by atoms with E-state index in [0.29, 0.717) is 6.54 Å². The van der Waals surface area contributed by atoms with Crippen molar-refractivity contribution in [2.45, 2.75) is 25.7 Å². The molecule has 104 valence electrons. The topological polar surface area (TPSA) is 55.1 Å². The van der Waals surface area contributed by atoms with Crippen LogP contribution in [-0.4, -0.2) is 12.5 Å². The van der Waals surface area contributed by atoms with Crippen molar-refractivity contribution in [1.82, 2.24) is 0 Å². The van der Waals surface area contributed by atoms with Crippen LogP contribution in [0, 0.1) is 17.0 Å². The fourth-order valence-electron chi connectivity index (χ4n) is 2.28. The second-order valence-corrected chi connectivity index (χ2v) is 5.88. The van der Waals surface area contributed by atoms with E-state index in [-0.39, 0.29) is 27.9 Å². The van der Waals surface area contributed by atoms with Gasteiger partial charge in [-0.15, -0.1) is 0 Å². The summed E-state index contributed by atoms with van der Waals surface area (Å²) in [5.41, 5.74) is 5.51. The van der Waals surface area contributed by atoms with E-state index in [1.807, 2.05) is 0 Å². The van der Waals surface area contributed by atoms with Crippen LogP contribution in [0.1, 0.15) is 25.7 Å². The fraction of sp³-hybridized carbons (Fsp3) is 0.462. The lowest BCUT2D eigenvalue weighted by molar-refractivity contribution is -0.119. The van der Waals surface area contributed by atoms with Gasteiger partial charge in [0.15, 0.2) is 0 Å². The lowest BCUT2D eigenvalue weighted by Gasteiger charge is -2.40. The van der Waals surface area contributed by atoms with Gasteiger partial charge < -0.3 is 11.1 Å². The van der Waals surface area contributed by atoms with Crippen molar-refractivity contribution in [3.63, 3.8) is 0 Å². The maximum atomic E-state index is 13.5. The molecule has 1 aromatic rings. The highest BCUT2D eigenvalue weighted by Gasteiger charge is 2.37. The van der Waals surface area contributed by atoms with Gasteiger partial charge in [0.2, 0.25) is 5.91 Å². The zero-order valence-corrected chi connectivity index (χ0v) is 11.9. The molecule has 0 bridgehead atoms. The molecular weight excluding hydrogens is 318 g/mol. The Morgan fingerprint density at radius 1 is 1.37 bits per heavy atom. The van der Waals surface area contributed by atoms with Gasteiger partial charge in [0.25, 0.3) is 0 Å². The van der Waals surface area contributed by atoms with Gasteiger partial charge in [0, 0.05) is 12.5 Å². The third kappa shape index (κ3) is 3.12. The molecule has 19 heavy (non-hydrogen) atoms. The number of hydrogen-bond acceptors (Lipinski definition) is 2. The van der Waals surface area contributed by atoms with Gasteiger partial charge in [-0.05, 0) is 46.8 Å². The minimum atomic E-state index is -0.788. The van der Waals surface area contributed by atoms with E-state index < -0.39 is 11.6 Å². The zero-order chi connectivity index (χ0) is 14.0. The van der Waals surface area contributed by atoms with Crippen molar-refractivity contribution < 1.29 is 13.6 Å². The SMILES string of the molecule is NCC1(CC(=O)Nc2cc(Br)c(F)cc2F)CCC1. The minimum absolute atomic E-state index is 0.0234. The van der Waals surface area contributed by atoms with Gasteiger partial charge >= 0.3 is 0 Å². The van der Waals surface area contributed by atoms with E-state index in [1.165, 1.54) is 6.07 Å². The Kier molecular flexibility index (Phi) is 4.20. The van der Waals surface area contributed by atoms with Crippen molar-refractivity contribution in [1.29, 1.82) is 0 Å². The van der Waals surface area contributed by atoms with E-state index >= 15 is 0 Å². The van der Waals surface area contributed by atoms with Crippen LogP contribution in [0.2, 0.25) is 0 Å². The first-order valence-corrected chi connectivity index (χ1v) is 6.89. The first-order valence-electron chi connectivity index (χ1n) is 6.10. The summed E-state index contributed by atoms with van der Waals surface area (Å²) < 4.78 is 26.7. The van der Waals surface area contributed by atoms with Crippen molar-refractivity contribution in [2.24, 2.45) is 11.1 Å². The lowest BCUT2D eigenvalue weighted by Crippen LogP contribution is -2.40. The highest BCUT2D eigenvalue weighted by molar-refractivity contribution is 9.10. The number of halogens is 3. The molecule has 1 aliphatic carbocycles. The Hall–Kier alpha value is -1.01. The van der Waals surface area contributed by atoms with Crippen LogP contribution in [0.15, 0.2) is 16.6 Å². The van der Waals surface area contributed by atoms with E-state index in [4.69, 9.17) is 5.73 Å². The molecule has 0 radical (unpaired) electrons. The van der Waals surface area contributed by atoms with E-state index in [0.717, 1.165) is 25.3 Å². The number of carbonyl (C=O) groups is 1. The molecule has 0 unspecified atom stereocenters. The maximum Gasteiger partial charge on any atom is 0.225 e. The predicted octanol–water partition coefficient (Wildman–Crippen LogP) is 3.18. The third-order valence-electron chi connectivity index (χ3n) is 3.67. The van der Waals surface area contributed by atoms with E-state index in [9.17, 15) is 13.6 Å². The summed E-state index contributed by atoms with van der Waals surface area (Å²) >= 11 is 2.96. The number of nitrogens with two attached hydrogens (primary N) is 1. The summed E-state index contributed by atoms with van der Waals surface area (Å²) in [6.07, 6.45) is 3.19. The van der Waals surface area contributed by atoms with Crippen LogP contribution in [0.4, 0.5) is 14.5 Å². The van der Waals surface area contributed by atoms with Gasteiger partial charge in [-0.1, -0.05) is 6.42 Å². The van der Waals surface area contributed by atoms with Crippen LogP contribution in [-0.2, 0) is 4.79 Å². The highest BCUT2D eigenvalue weighted by Crippen LogP contribution is 2.43. The minimum Gasteiger partial charge on any atom is -0.330 e. The van der Waals surface area contributed by atoms with Crippen LogP contribution in [0.5, 0.6) is 0 Å². The number of anilines is 1. The predicted molar refractivity (Wildman–Crippen MR) is 72.6 cm³/mol. The van der Waals surface area contributed by atoms with Gasteiger partial charge in [0.1, 0.15) is 11.6 Å². The summed E-state index contributed by atoms with van der Waals surface area (Å²) in [4.78, 5) is 11.9. The van der Waals surface area contributed by atoms with E-state index in [2.05, 4.69) is 21.2 Å². The van der Waals surface area contributed by atoms with Gasteiger partial charge in [-0.3, -0.25) is 4.79 Å². The monoisotopic (exact) mass is 332 g/mol. The molecule has 3 N–H and O–H groups in total. The molecule has 0 aliphatic heterocycles. The maximum absolute atomic E-state index is 13.5. The second kappa shape index (κ2) is 5.54. The Bertz CT molecular complexity index is 498. The lowest BCUT2D eigenvalue weighted by atomic mass is 9.66. The number of hydrogen-bond donors (Lipinski definition) is 2. The highest BCUT2D eigenvalue weighted by atomic mass is 79.9. The van der Waals surface area contributed by atoms with Gasteiger partial charge in [0.05, 0.1) is 10.2 Å². The second-order valence-electron chi connectivity index (χ2n) is 5.03. The molecule has 0 saturated heterocycles. The molecule has 0 atom stereocenters. The van der Waals surface area contributed by atoms with Gasteiger partial charge in [-0.2, -0.15) is 0 Å². The molecule has 3 nitrogen and oxygen atoms in total. The molecule has 1 amide bonds. The quantitative estimate of drug-likeness (QED) is 0.832. The molecular formula is C13H15BrF2N2O. The Morgan fingerprint density at radius 3 is 2.58 bits per heavy atom. The summed E-state index contributed by atoms with van der Waals surface area (Å²) in [6.45, 7) is 0.454. The molecule has 1 aromatic carbocycles. The largest absolute Gasteiger partial charge is 0.330 e. The first-order chi connectivity index (χ1) is 8.96. The third-order valence-corrected chi connectivity index (χ3v) is 4.27. The molecule has 6 heteroatoms. The van der Waals surface area contributed by atoms with Crippen molar-refractivity contribution in [2.75, 3.05) is 11.9 Å². The number of amides is 1. The first kappa shape index (κ1) is 14.4. The van der Waals surface area contributed by atoms with Crippen LogP contribution in [0.3, 0.4) is 0 Å². The number of benzene rings is 1. The molecule has 0 spiro atoms. The van der Waals surface area contributed by atoms with Gasteiger partial charge in [-0.25, -0.2) is 8.78 Å². The Balaban J connectivity index is 2.05. The molecule has 1 aliphatic rings. The number of rotatable bonds is 4. The number of nitrogens with one attached hydrogen (secondary N) is 1. The van der Waals surface area contributed by atoms with Crippen molar-refractivity contribution in [3.8, 4) is 0 Å². The summed E-state index contributed by atoms with van der Waals surface area (Å²) in [5.74, 6) is -1.78. The smallest absolute Gasteiger partial charge is 0.225 e. The summed E-state index contributed by atoms with van der Waals surface area (Å²) in [6, 6.07) is 1.96. The van der Waals surface area contributed by atoms with E-state index in [1.54, 1.807) is 0 Å². The molecule has 1 fully saturated rings. The summed E-state index contributed by atoms with van der Waals surface area (Å²) in [7, 11) is 0. The fourth-order valence-corrected chi connectivity index (χ4v) is 2.63. The van der Waals surface area contributed by atoms with Crippen LogP contribution >= 0.6 is 15.9 Å². The normalized spacial score (nSPS) is 16.8. The number of carbonyl (C=O) groups excluding carboxylic acids is 1. The summed E-state index contributed by atoms with van der Waals surface area (Å²) in [5, 5.41) is 2.47. The molecule has 1 saturated carbocycles. The Morgan fingerprint density at radius 2 is 2.05 bits per heavy atom. The Labute approximate surface area is 118 Å². The molecule has 2 rings (SSSR count). The standard InChI is InChI=1S/C13H15BrF2N2O/c14-8-4-11(10(16)5-9(8)15)18-12(19)6-13(7-17)2-1-3-13/h4-5H,1-3,6-7,17H2,(H,18,19). The van der Waals surface area contributed by atoms with Crippen molar-refractivity contribution >= 4 is 27.5 Å². The van der Waals surface area contributed by atoms with Crippen molar-refractivity contribution in [3.05, 3.63) is 28.2 Å². The van der Waals surface area contributed by atoms with Crippen LogP contribution < -0.4 is 11.1 Å². The molecule has 0 aromatic heterocycles. The average molecular weight is 333 g/mol. The van der Waals surface area contributed by atoms with Crippen LogP contribution in [0.25, 0.3) is 0 Å². The average Bonchev–Trinajstić information content (AvgIpc) is 2.31. The zero-order valence-electron chi connectivity index (χ0n) is 10.3.